The molecule has 1 heterocycles. The Morgan fingerprint density at radius 1 is 1.09 bits per heavy atom. The third kappa shape index (κ3) is 3.99. The summed E-state index contributed by atoms with van der Waals surface area (Å²) in [6, 6.07) is 10.0. The monoisotopic (exact) mass is 454 g/mol. The molecule has 2 aromatic carbocycles. The van der Waals surface area contributed by atoms with Crippen LogP contribution in [0.1, 0.15) is 43.0 Å². The number of primary amides is 1. The molecule has 7 nitrogen and oxygen atoms in total. The lowest BCUT2D eigenvalue weighted by atomic mass is 9.79. The molecule has 33 heavy (non-hydrogen) atoms. The Morgan fingerprint density at radius 2 is 1.76 bits per heavy atom. The Morgan fingerprint density at radius 3 is 2.33 bits per heavy atom. The Balaban J connectivity index is 2.22. The number of likely N-dealkylation sites (N-methyl/N-ethyl adjacent to an activating group) is 1. The van der Waals surface area contributed by atoms with Gasteiger partial charge in [-0.15, -0.1) is 0 Å². The maximum absolute atomic E-state index is 15.3. The molecule has 3 atom stereocenters. The smallest absolute Gasteiger partial charge is 0.252 e. The molecule has 0 saturated carbocycles. The minimum absolute atomic E-state index is 0.0493. The van der Waals surface area contributed by atoms with Crippen LogP contribution in [0.5, 0.6) is 0 Å². The van der Waals surface area contributed by atoms with Crippen LogP contribution in [0.15, 0.2) is 42.5 Å². The second kappa shape index (κ2) is 9.31. The molecule has 0 bridgehead atoms. The fraction of sp³-hybridized carbons (Fsp3) is 0.400. The van der Waals surface area contributed by atoms with Crippen LogP contribution in [0.3, 0.4) is 0 Å². The summed E-state index contributed by atoms with van der Waals surface area (Å²) in [4.78, 5) is 41.1. The molecule has 2 aromatic rings. The van der Waals surface area contributed by atoms with E-state index in [0.29, 0.717) is 16.7 Å². The molecule has 0 fully saturated rings. The van der Waals surface area contributed by atoms with Gasteiger partial charge in [0.05, 0.1) is 6.04 Å². The van der Waals surface area contributed by atoms with Gasteiger partial charge in [-0.3, -0.25) is 14.4 Å². The highest BCUT2D eigenvalue weighted by molar-refractivity contribution is 5.99. The van der Waals surface area contributed by atoms with Crippen molar-refractivity contribution >= 4 is 17.7 Å². The highest BCUT2D eigenvalue weighted by atomic mass is 19.1. The lowest BCUT2D eigenvalue weighted by molar-refractivity contribution is -0.148. The number of rotatable bonds is 7. The summed E-state index contributed by atoms with van der Waals surface area (Å²) >= 11 is 0. The summed E-state index contributed by atoms with van der Waals surface area (Å²) in [5, 5.41) is 5.64. The van der Waals surface area contributed by atoms with Gasteiger partial charge in [0.25, 0.3) is 5.91 Å². The van der Waals surface area contributed by atoms with Crippen molar-refractivity contribution in [2.24, 2.45) is 11.7 Å². The van der Waals surface area contributed by atoms with Crippen LogP contribution in [0.2, 0.25) is 0 Å². The highest BCUT2D eigenvalue weighted by Crippen LogP contribution is 2.46. The molecule has 176 valence electrons. The molecule has 0 radical (unpaired) electrons. The van der Waals surface area contributed by atoms with Gasteiger partial charge in [-0.25, -0.2) is 4.39 Å². The van der Waals surface area contributed by atoms with Crippen molar-refractivity contribution in [3.8, 4) is 0 Å². The predicted molar refractivity (Wildman–Crippen MR) is 123 cm³/mol. The Kier molecular flexibility index (Phi) is 6.88. The molecule has 8 heteroatoms. The molecular formula is C25H31FN4O3. The summed E-state index contributed by atoms with van der Waals surface area (Å²) in [7, 11) is 1.65. The molecule has 4 N–H and O–H groups in total. The quantitative estimate of drug-likeness (QED) is 0.595. The minimum Gasteiger partial charge on any atom is -0.367 e. The summed E-state index contributed by atoms with van der Waals surface area (Å²) in [6.07, 6.45) is 0. The number of halogens is 1. The lowest BCUT2D eigenvalue weighted by Gasteiger charge is -2.40. The van der Waals surface area contributed by atoms with Gasteiger partial charge in [0.2, 0.25) is 11.8 Å². The van der Waals surface area contributed by atoms with E-state index in [1.54, 1.807) is 71.1 Å². The van der Waals surface area contributed by atoms with Gasteiger partial charge in [0, 0.05) is 12.1 Å². The van der Waals surface area contributed by atoms with Crippen molar-refractivity contribution in [3.63, 3.8) is 0 Å². The van der Waals surface area contributed by atoms with Gasteiger partial charge in [-0.1, -0.05) is 50.2 Å². The van der Waals surface area contributed by atoms with Crippen molar-refractivity contribution in [2.75, 3.05) is 7.05 Å². The van der Waals surface area contributed by atoms with E-state index < -0.39 is 35.3 Å². The van der Waals surface area contributed by atoms with Gasteiger partial charge in [-0.05, 0) is 49.6 Å². The number of benzene rings is 2. The molecule has 3 amide bonds. The van der Waals surface area contributed by atoms with Gasteiger partial charge < -0.3 is 21.3 Å². The lowest BCUT2D eigenvalue weighted by Crippen LogP contribution is -2.61. The fourth-order valence-corrected chi connectivity index (χ4v) is 4.53. The van der Waals surface area contributed by atoms with Crippen molar-refractivity contribution in [1.29, 1.82) is 0 Å². The third-order valence-corrected chi connectivity index (χ3v) is 6.40. The Labute approximate surface area is 193 Å². The second-order valence-electron chi connectivity index (χ2n) is 8.83. The van der Waals surface area contributed by atoms with Crippen LogP contribution < -0.4 is 16.4 Å². The van der Waals surface area contributed by atoms with Crippen LogP contribution in [0, 0.1) is 18.7 Å². The molecule has 0 aliphatic carbocycles. The molecule has 0 saturated heterocycles. The first-order valence-corrected chi connectivity index (χ1v) is 11.0. The predicted octanol–water partition coefficient (Wildman–Crippen LogP) is 1.95. The van der Waals surface area contributed by atoms with E-state index in [1.807, 2.05) is 0 Å². The summed E-state index contributed by atoms with van der Waals surface area (Å²) in [5.74, 6) is -2.63. The van der Waals surface area contributed by atoms with Gasteiger partial charge in [-0.2, -0.15) is 0 Å². The van der Waals surface area contributed by atoms with E-state index in [-0.39, 0.29) is 23.9 Å². The number of amides is 3. The fourth-order valence-electron chi connectivity index (χ4n) is 4.53. The number of carbonyl (C=O) groups is 3. The number of carbonyl (C=O) groups excluding carboxylic acids is 3. The van der Waals surface area contributed by atoms with Crippen LogP contribution in [0.25, 0.3) is 0 Å². The number of hydrogen-bond acceptors (Lipinski definition) is 4. The molecule has 1 unspecified atom stereocenters. The highest BCUT2D eigenvalue weighted by Gasteiger charge is 2.56. The van der Waals surface area contributed by atoms with E-state index in [2.05, 4.69) is 10.6 Å². The molecule has 3 rings (SSSR count). The van der Waals surface area contributed by atoms with Gasteiger partial charge in [0.15, 0.2) is 5.54 Å². The summed E-state index contributed by atoms with van der Waals surface area (Å²) in [6.45, 7) is 7.03. The molecule has 0 spiro atoms. The first kappa shape index (κ1) is 24.4. The molecular weight excluding hydrogens is 423 g/mol. The van der Waals surface area contributed by atoms with E-state index in [0.717, 1.165) is 0 Å². The molecule has 1 aliphatic rings. The Hall–Kier alpha value is -3.26. The summed E-state index contributed by atoms with van der Waals surface area (Å²) in [5.41, 5.74) is 5.87. The number of nitrogens with one attached hydrogen (secondary N) is 2. The first-order valence-electron chi connectivity index (χ1n) is 11.0. The first-order chi connectivity index (χ1) is 15.6. The molecule has 0 aromatic heterocycles. The van der Waals surface area contributed by atoms with Crippen LogP contribution in [-0.2, 0) is 26.5 Å². The van der Waals surface area contributed by atoms with Crippen LogP contribution in [0.4, 0.5) is 4.39 Å². The average molecular weight is 455 g/mol. The van der Waals surface area contributed by atoms with E-state index >= 15 is 4.39 Å². The third-order valence-electron chi connectivity index (χ3n) is 6.40. The van der Waals surface area contributed by atoms with Crippen LogP contribution >= 0.6 is 0 Å². The standard InChI is InChI=1S/C25H31FN4O3/c1-14(2)21(29-22(31)16(4)28-5)23(32)30-13-17-10-6-7-11-18(17)25(30,24(27)33)20-15(3)9-8-12-19(20)26/h6-12,14,16,21,28H,13H2,1-5H3,(H2,27,33)(H,29,31)/t16-,21-,25?/m0/s1. The normalized spacial score (nSPS) is 19.2. The Bertz CT molecular complexity index is 1070. The van der Waals surface area contributed by atoms with Gasteiger partial charge >= 0.3 is 0 Å². The number of aryl methyl sites for hydroxylation is 1. The number of fused-ring (bicyclic) bond motifs is 1. The minimum atomic E-state index is -1.84. The second-order valence-corrected chi connectivity index (χ2v) is 8.83. The van der Waals surface area contributed by atoms with Crippen molar-refractivity contribution in [2.45, 2.75) is 51.9 Å². The molecule has 1 aliphatic heterocycles. The summed E-state index contributed by atoms with van der Waals surface area (Å²) < 4.78 is 15.3. The maximum atomic E-state index is 15.3. The van der Waals surface area contributed by atoms with E-state index in [4.69, 9.17) is 5.73 Å². The van der Waals surface area contributed by atoms with Crippen molar-refractivity contribution < 1.29 is 18.8 Å². The topological polar surface area (TPSA) is 105 Å². The zero-order chi connectivity index (χ0) is 24.5. The zero-order valence-corrected chi connectivity index (χ0v) is 19.6. The van der Waals surface area contributed by atoms with Crippen molar-refractivity contribution in [1.82, 2.24) is 15.5 Å². The number of nitrogens with two attached hydrogens (primary N) is 1. The van der Waals surface area contributed by atoms with Crippen molar-refractivity contribution in [3.05, 3.63) is 70.5 Å². The van der Waals surface area contributed by atoms with E-state index in [1.165, 1.54) is 11.0 Å². The largest absolute Gasteiger partial charge is 0.367 e. The SMILES string of the molecule is CN[C@@H](C)C(=O)N[C@H](C(=O)N1Cc2ccccc2C1(C(N)=O)c1c(C)cccc1F)C(C)C. The number of hydrogen-bond donors (Lipinski definition) is 3. The maximum Gasteiger partial charge on any atom is 0.252 e. The number of nitrogens with zero attached hydrogens (tertiary/aromatic N) is 1. The van der Waals surface area contributed by atoms with E-state index in [9.17, 15) is 14.4 Å². The zero-order valence-electron chi connectivity index (χ0n) is 19.6. The van der Waals surface area contributed by atoms with Crippen LogP contribution in [-0.4, -0.2) is 41.8 Å². The average Bonchev–Trinajstić information content (AvgIpc) is 3.12. The van der Waals surface area contributed by atoms with Gasteiger partial charge in [0.1, 0.15) is 11.9 Å².